The van der Waals surface area contributed by atoms with E-state index in [0.717, 1.165) is 17.4 Å². The zero-order chi connectivity index (χ0) is 15.7. The van der Waals surface area contributed by atoms with Gasteiger partial charge < -0.3 is 10.0 Å². The largest absolute Gasteiger partial charge is 0.478 e. The Morgan fingerprint density at radius 1 is 1.18 bits per heavy atom. The lowest BCUT2D eigenvalue weighted by molar-refractivity contribution is -0.131. The number of rotatable bonds is 5. The van der Waals surface area contributed by atoms with Crippen molar-refractivity contribution in [3.63, 3.8) is 0 Å². The van der Waals surface area contributed by atoms with E-state index in [1.165, 1.54) is 25.7 Å². The molecule has 4 nitrogen and oxygen atoms in total. The molecule has 2 fully saturated rings. The predicted molar refractivity (Wildman–Crippen MR) is 83.4 cm³/mol. The number of carboxylic acid groups (broad SMARTS) is 1. The summed E-state index contributed by atoms with van der Waals surface area (Å²) >= 11 is 0. The van der Waals surface area contributed by atoms with Crippen LogP contribution in [0.15, 0.2) is 24.3 Å². The van der Waals surface area contributed by atoms with E-state index >= 15 is 0 Å². The Labute approximate surface area is 131 Å². The van der Waals surface area contributed by atoms with Crippen LogP contribution in [-0.2, 0) is 11.3 Å². The van der Waals surface area contributed by atoms with Gasteiger partial charge in [0.15, 0.2) is 0 Å². The molecule has 1 N–H and O–H groups in total. The maximum Gasteiger partial charge on any atom is 0.335 e. The molecule has 2 aliphatic rings. The Morgan fingerprint density at radius 3 is 2.45 bits per heavy atom. The lowest BCUT2D eigenvalue weighted by atomic mass is 9.86. The number of nitrogens with zero attached hydrogens (tertiary/aromatic N) is 1. The Hall–Kier alpha value is -1.84. The van der Waals surface area contributed by atoms with Crippen LogP contribution >= 0.6 is 0 Å². The molecule has 0 saturated heterocycles. The Bertz CT molecular complexity index is 566. The molecule has 1 aromatic rings. The molecule has 0 radical (unpaired) electrons. The topological polar surface area (TPSA) is 57.6 Å². The molecule has 1 amide bonds. The number of amides is 1. The number of benzene rings is 1. The first-order chi connectivity index (χ1) is 10.5. The minimum atomic E-state index is -0.924. The molecule has 3 rings (SSSR count). The second kappa shape index (κ2) is 6.11. The van der Waals surface area contributed by atoms with E-state index in [1.54, 1.807) is 29.2 Å². The summed E-state index contributed by atoms with van der Waals surface area (Å²) in [5.41, 5.74) is 1.24. The van der Waals surface area contributed by atoms with Gasteiger partial charge in [-0.05, 0) is 54.7 Å². The Balaban J connectivity index is 1.53. The number of aromatic carboxylic acids is 1. The van der Waals surface area contributed by atoms with E-state index < -0.39 is 5.97 Å². The summed E-state index contributed by atoms with van der Waals surface area (Å²) in [5, 5.41) is 8.89. The number of carboxylic acids is 1. The van der Waals surface area contributed by atoms with Crippen LogP contribution in [0.25, 0.3) is 0 Å². The van der Waals surface area contributed by atoms with E-state index in [1.807, 2.05) is 7.05 Å². The standard InChI is InChI=1S/C18H23NO3/c1-19(11-12-2-5-14(6-3-12)18(21)22)17(20)10-16-9-13-4-7-15(16)8-13/h2-3,5-6,13,15-16H,4,7-11H2,1H3,(H,21,22). The minimum absolute atomic E-state index is 0.208. The Kier molecular flexibility index (Phi) is 4.19. The molecule has 0 spiro atoms. The van der Waals surface area contributed by atoms with Crippen LogP contribution in [0.2, 0.25) is 0 Å². The van der Waals surface area contributed by atoms with Crippen molar-refractivity contribution in [2.45, 2.75) is 38.6 Å². The molecule has 2 bridgehead atoms. The number of carbonyl (C=O) groups is 2. The third-order valence-electron chi connectivity index (χ3n) is 5.37. The van der Waals surface area contributed by atoms with E-state index in [4.69, 9.17) is 5.11 Å². The molecule has 3 atom stereocenters. The van der Waals surface area contributed by atoms with Gasteiger partial charge in [0.2, 0.25) is 5.91 Å². The van der Waals surface area contributed by atoms with Crippen LogP contribution in [0.4, 0.5) is 0 Å². The average molecular weight is 301 g/mol. The van der Waals surface area contributed by atoms with Crippen LogP contribution in [0.1, 0.15) is 48.0 Å². The fourth-order valence-corrected chi connectivity index (χ4v) is 4.12. The molecule has 2 saturated carbocycles. The van der Waals surface area contributed by atoms with Gasteiger partial charge in [-0.2, -0.15) is 0 Å². The first kappa shape index (κ1) is 15.1. The molecule has 0 heterocycles. The highest BCUT2D eigenvalue weighted by Gasteiger charge is 2.40. The van der Waals surface area contributed by atoms with Gasteiger partial charge in [0.25, 0.3) is 0 Å². The fourth-order valence-electron chi connectivity index (χ4n) is 4.12. The van der Waals surface area contributed by atoms with Crippen molar-refractivity contribution >= 4 is 11.9 Å². The summed E-state index contributed by atoms with van der Waals surface area (Å²) in [6.07, 6.45) is 5.91. The summed E-state index contributed by atoms with van der Waals surface area (Å²) in [6.45, 7) is 0.541. The van der Waals surface area contributed by atoms with Gasteiger partial charge in [-0.1, -0.05) is 18.6 Å². The average Bonchev–Trinajstić information content (AvgIpc) is 3.10. The monoisotopic (exact) mass is 301 g/mol. The molecule has 22 heavy (non-hydrogen) atoms. The van der Waals surface area contributed by atoms with E-state index in [-0.39, 0.29) is 11.5 Å². The quantitative estimate of drug-likeness (QED) is 0.908. The SMILES string of the molecule is CN(Cc1ccc(C(=O)O)cc1)C(=O)CC1CC2CCC1C2. The van der Waals surface area contributed by atoms with Crippen molar-refractivity contribution in [1.82, 2.24) is 4.90 Å². The van der Waals surface area contributed by atoms with Crippen LogP contribution in [0.3, 0.4) is 0 Å². The first-order valence-electron chi connectivity index (χ1n) is 8.09. The summed E-state index contributed by atoms with van der Waals surface area (Å²) in [4.78, 5) is 25.0. The maximum absolute atomic E-state index is 12.4. The number of carbonyl (C=O) groups excluding carboxylic acids is 1. The van der Waals surface area contributed by atoms with Crippen molar-refractivity contribution in [1.29, 1.82) is 0 Å². The molecule has 0 aromatic heterocycles. The zero-order valence-corrected chi connectivity index (χ0v) is 13.0. The van der Waals surface area contributed by atoms with Gasteiger partial charge in [0.05, 0.1) is 5.56 Å². The smallest absolute Gasteiger partial charge is 0.335 e. The van der Waals surface area contributed by atoms with Crippen LogP contribution in [0.5, 0.6) is 0 Å². The maximum atomic E-state index is 12.4. The van der Waals surface area contributed by atoms with Crippen molar-refractivity contribution in [3.05, 3.63) is 35.4 Å². The summed E-state index contributed by atoms with van der Waals surface area (Å²) in [7, 11) is 1.83. The zero-order valence-electron chi connectivity index (χ0n) is 13.0. The number of fused-ring (bicyclic) bond motifs is 2. The highest BCUT2D eigenvalue weighted by atomic mass is 16.4. The van der Waals surface area contributed by atoms with Crippen LogP contribution < -0.4 is 0 Å². The van der Waals surface area contributed by atoms with Crippen LogP contribution in [0, 0.1) is 17.8 Å². The number of hydrogen-bond donors (Lipinski definition) is 1. The van der Waals surface area contributed by atoms with Crippen molar-refractivity contribution in [2.75, 3.05) is 7.05 Å². The van der Waals surface area contributed by atoms with Gasteiger partial charge in [-0.15, -0.1) is 0 Å². The molecular weight excluding hydrogens is 278 g/mol. The van der Waals surface area contributed by atoms with E-state index in [0.29, 0.717) is 18.9 Å². The highest BCUT2D eigenvalue weighted by Crippen LogP contribution is 2.49. The molecular formula is C18H23NO3. The first-order valence-corrected chi connectivity index (χ1v) is 8.09. The second-order valence-electron chi connectivity index (χ2n) is 6.89. The number of hydrogen-bond acceptors (Lipinski definition) is 2. The van der Waals surface area contributed by atoms with Gasteiger partial charge >= 0.3 is 5.97 Å². The van der Waals surface area contributed by atoms with Gasteiger partial charge in [0, 0.05) is 20.0 Å². The molecule has 3 unspecified atom stereocenters. The normalized spacial score (nSPS) is 26.1. The van der Waals surface area contributed by atoms with Crippen molar-refractivity contribution < 1.29 is 14.7 Å². The molecule has 1 aromatic carbocycles. The summed E-state index contributed by atoms with van der Waals surface area (Å²) in [6, 6.07) is 6.74. The van der Waals surface area contributed by atoms with Crippen LogP contribution in [-0.4, -0.2) is 28.9 Å². The lowest BCUT2D eigenvalue weighted by Gasteiger charge is -2.24. The van der Waals surface area contributed by atoms with E-state index in [9.17, 15) is 9.59 Å². The molecule has 4 heteroatoms. The van der Waals surface area contributed by atoms with Gasteiger partial charge in [0.1, 0.15) is 0 Å². The third kappa shape index (κ3) is 3.16. The molecule has 2 aliphatic carbocycles. The molecule has 118 valence electrons. The van der Waals surface area contributed by atoms with Crippen molar-refractivity contribution in [2.24, 2.45) is 17.8 Å². The second-order valence-corrected chi connectivity index (χ2v) is 6.89. The third-order valence-corrected chi connectivity index (χ3v) is 5.37. The minimum Gasteiger partial charge on any atom is -0.478 e. The summed E-state index contributed by atoms with van der Waals surface area (Å²) < 4.78 is 0. The predicted octanol–water partition coefficient (Wildman–Crippen LogP) is 3.17. The van der Waals surface area contributed by atoms with Gasteiger partial charge in [-0.3, -0.25) is 4.79 Å². The van der Waals surface area contributed by atoms with E-state index in [2.05, 4.69) is 0 Å². The highest BCUT2D eigenvalue weighted by molar-refractivity contribution is 5.87. The lowest BCUT2D eigenvalue weighted by Crippen LogP contribution is -2.29. The fraction of sp³-hybridized carbons (Fsp3) is 0.556. The van der Waals surface area contributed by atoms with Crippen molar-refractivity contribution in [3.8, 4) is 0 Å². The Morgan fingerprint density at radius 2 is 1.91 bits per heavy atom. The molecule has 0 aliphatic heterocycles. The summed E-state index contributed by atoms with van der Waals surface area (Å²) in [5.74, 6) is 1.52. The van der Waals surface area contributed by atoms with Gasteiger partial charge in [-0.25, -0.2) is 4.79 Å².